The van der Waals surface area contributed by atoms with Gasteiger partial charge in [0, 0.05) is 25.7 Å². The van der Waals surface area contributed by atoms with Crippen molar-refractivity contribution >= 4 is 11.5 Å². The van der Waals surface area contributed by atoms with Crippen LogP contribution in [-0.4, -0.2) is 40.0 Å². The van der Waals surface area contributed by atoms with Crippen LogP contribution in [0.4, 0.5) is 26.3 Å². The van der Waals surface area contributed by atoms with Gasteiger partial charge >= 0.3 is 12.4 Å². The van der Waals surface area contributed by atoms with Gasteiger partial charge in [0.1, 0.15) is 5.69 Å². The minimum Gasteiger partial charge on any atom is -0.339 e. The minimum atomic E-state index is -4.59. The molecule has 0 saturated carbocycles. The third-order valence-corrected chi connectivity index (χ3v) is 3.42. The highest BCUT2D eigenvalue weighted by Crippen LogP contribution is 2.29. The van der Waals surface area contributed by atoms with Gasteiger partial charge < -0.3 is 4.90 Å². The van der Waals surface area contributed by atoms with E-state index >= 15 is 0 Å². The largest absolute Gasteiger partial charge is 0.433 e. The molecule has 2 heterocycles. The number of halogens is 6. The van der Waals surface area contributed by atoms with E-state index in [1.807, 2.05) is 0 Å². The van der Waals surface area contributed by atoms with Crippen LogP contribution in [0.5, 0.6) is 0 Å². The fourth-order valence-electron chi connectivity index (χ4n) is 2.18. The lowest BCUT2D eigenvalue weighted by atomic mass is 10.1. The zero-order chi connectivity index (χ0) is 18.0. The molecule has 0 aliphatic carbocycles. The zero-order valence-corrected chi connectivity index (χ0v) is 12.3. The van der Waals surface area contributed by atoms with Gasteiger partial charge in [-0.2, -0.15) is 26.3 Å². The molecule has 1 aromatic rings. The van der Waals surface area contributed by atoms with E-state index in [1.165, 1.54) is 11.0 Å². The summed E-state index contributed by atoms with van der Waals surface area (Å²) in [6.07, 6.45) is -8.20. The van der Waals surface area contributed by atoms with Crippen LogP contribution in [0.2, 0.25) is 0 Å². The van der Waals surface area contributed by atoms with Crippen molar-refractivity contribution in [3.63, 3.8) is 0 Å². The van der Waals surface area contributed by atoms with Crippen molar-refractivity contribution in [2.75, 3.05) is 13.1 Å². The van der Waals surface area contributed by atoms with Gasteiger partial charge in [-0.25, -0.2) is 9.97 Å². The third kappa shape index (κ3) is 4.93. The first-order valence-electron chi connectivity index (χ1n) is 7.00. The maximum Gasteiger partial charge on any atom is 0.433 e. The topological polar surface area (TPSA) is 46.1 Å². The van der Waals surface area contributed by atoms with Gasteiger partial charge in [-0.15, -0.1) is 0 Å². The molecule has 10 heteroatoms. The predicted octanol–water partition coefficient (Wildman–Crippen LogP) is 3.45. The first-order chi connectivity index (χ1) is 11.1. The second-order valence-corrected chi connectivity index (χ2v) is 5.20. The third-order valence-electron chi connectivity index (χ3n) is 3.42. The molecule has 0 atom stereocenters. The van der Waals surface area contributed by atoms with Crippen LogP contribution in [-0.2, 0) is 11.0 Å². The fourth-order valence-corrected chi connectivity index (χ4v) is 2.18. The summed E-state index contributed by atoms with van der Waals surface area (Å²) in [4.78, 5) is 20.1. The SMILES string of the molecule is O=C(CCC(F)(F)F)N1CC=C(c2nccc(C(F)(F)F)n2)CC1. The molecule has 24 heavy (non-hydrogen) atoms. The Morgan fingerprint density at radius 2 is 1.92 bits per heavy atom. The van der Waals surface area contributed by atoms with Gasteiger partial charge in [-0.05, 0) is 18.1 Å². The number of aromatic nitrogens is 2. The van der Waals surface area contributed by atoms with Crippen molar-refractivity contribution in [3.05, 3.63) is 29.9 Å². The summed E-state index contributed by atoms with van der Waals surface area (Å²) >= 11 is 0. The van der Waals surface area contributed by atoms with Gasteiger partial charge in [0.25, 0.3) is 0 Å². The van der Waals surface area contributed by atoms with Crippen LogP contribution >= 0.6 is 0 Å². The van der Waals surface area contributed by atoms with Crippen LogP contribution in [0.25, 0.3) is 5.57 Å². The van der Waals surface area contributed by atoms with Gasteiger partial charge in [-0.3, -0.25) is 4.79 Å². The number of hydrogen-bond donors (Lipinski definition) is 0. The maximum atomic E-state index is 12.6. The van der Waals surface area contributed by atoms with Gasteiger partial charge in [0.05, 0.1) is 6.42 Å². The standard InChI is InChI=1S/C14H13F6N3O/c15-13(16,17)5-1-11(24)23-7-3-9(4-8-23)12-21-6-2-10(22-12)14(18,19)20/h2-3,6H,1,4-5,7-8H2. The highest BCUT2D eigenvalue weighted by Gasteiger charge is 2.33. The van der Waals surface area contributed by atoms with Gasteiger partial charge in [-0.1, -0.05) is 6.08 Å². The van der Waals surface area contributed by atoms with Crippen LogP contribution in [0.3, 0.4) is 0 Å². The van der Waals surface area contributed by atoms with E-state index in [1.54, 1.807) is 0 Å². The second kappa shape index (κ2) is 6.78. The molecular weight excluding hydrogens is 340 g/mol. The molecule has 0 unspecified atom stereocenters. The molecular formula is C14H13F6N3O. The highest BCUT2D eigenvalue weighted by molar-refractivity contribution is 5.77. The Morgan fingerprint density at radius 3 is 2.46 bits per heavy atom. The number of carbonyl (C=O) groups is 1. The quantitative estimate of drug-likeness (QED) is 0.782. The average Bonchev–Trinajstić information content (AvgIpc) is 2.51. The van der Waals surface area contributed by atoms with E-state index in [9.17, 15) is 31.1 Å². The normalized spacial score (nSPS) is 16.1. The molecule has 0 fully saturated rings. The number of hydrogen-bond acceptors (Lipinski definition) is 3. The molecule has 1 amide bonds. The molecule has 4 nitrogen and oxygen atoms in total. The zero-order valence-electron chi connectivity index (χ0n) is 12.3. The Hall–Kier alpha value is -2.13. The molecule has 0 N–H and O–H groups in total. The van der Waals surface area contributed by atoms with Crippen molar-refractivity contribution in [2.45, 2.75) is 31.6 Å². The molecule has 1 aliphatic rings. The molecule has 2 rings (SSSR count). The summed E-state index contributed by atoms with van der Waals surface area (Å²) in [6.45, 7) is 0.133. The highest BCUT2D eigenvalue weighted by atomic mass is 19.4. The number of alkyl halides is 6. The smallest absolute Gasteiger partial charge is 0.339 e. The summed E-state index contributed by atoms with van der Waals surface area (Å²) in [5.74, 6) is -0.736. The molecule has 132 valence electrons. The lowest BCUT2D eigenvalue weighted by Gasteiger charge is -2.26. The molecule has 0 bridgehead atoms. The number of nitrogens with zero attached hydrogens (tertiary/aromatic N) is 3. The van der Waals surface area contributed by atoms with Gasteiger partial charge in [0.2, 0.25) is 5.91 Å². The molecule has 1 aliphatic heterocycles. The van der Waals surface area contributed by atoms with Gasteiger partial charge in [0.15, 0.2) is 5.82 Å². The van der Waals surface area contributed by atoms with Crippen LogP contribution < -0.4 is 0 Å². The Kier molecular flexibility index (Phi) is 5.14. The van der Waals surface area contributed by atoms with Crippen molar-refractivity contribution in [1.29, 1.82) is 0 Å². The van der Waals surface area contributed by atoms with E-state index in [-0.39, 0.29) is 25.3 Å². The Labute approximate surface area is 133 Å². The predicted molar refractivity (Wildman–Crippen MR) is 71.5 cm³/mol. The first kappa shape index (κ1) is 18.2. The fraction of sp³-hybridized carbons (Fsp3) is 0.500. The number of amides is 1. The van der Waals surface area contributed by atoms with Crippen LogP contribution in [0.1, 0.15) is 30.8 Å². The van der Waals surface area contributed by atoms with Crippen molar-refractivity contribution in [2.24, 2.45) is 0 Å². The van der Waals surface area contributed by atoms with E-state index < -0.39 is 36.8 Å². The minimum absolute atomic E-state index is 0.0195. The Bertz CT molecular complexity index is 638. The molecule has 0 spiro atoms. The lowest BCUT2D eigenvalue weighted by Crippen LogP contribution is -2.35. The van der Waals surface area contributed by atoms with E-state index in [4.69, 9.17) is 0 Å². The second-order valence-electron chi connectivity index (χ2n) is 5.20. The summed E-state index contributed by atoms with van der Waals surface area (Å²) in [6, 6.07) is 0.750. The summed E-state index contributed by atoms with van der Waals surface area (Å²) in [7, 11) is 0. The lowest BCUT2D eigenvalue weighted by molar-refractivity contribution is -0.148. The maximum absolute atomic E-state index is 12.6. The number of rotatable bonds is 3. The molecule has 0 saturated heterocycles. The molecule has 0 radical (unpaired) electrons. The van der Waals surface area contributed by atoms with E-state index in [0.29, 0.717) is 5.57 Å². The van der Waals surface area contributed by atoms with Crippen LogP contribution in [0, 0.1) is 0 Å². The molecule has 1 aromatic heterocycles. The van der Waals surface area contributed by atoms with E-state index in [2.05, 4.69) is 9.97 Å². The first-order valence-corrected chi connectivity index (χ1v) is 7.00. The van der Waals surface area contributed by atoms with Crippen LogP contribution in [0.15, 0.2) is 18.3 Å². The summed E-state index contributed by atoms with van der Waals surface area (Å²) in [5.41, 5.74) is -0.641. The summed E-state index contributed by atoms with van der Waals surface area (Å²) < 4.78 is 74.2. The van der Waals surface area contributed by atoms with Crippen molar-refractivity contribution < 1.29 is 31.1 Å². The summed E-state index contributed by atoms with van der Waals surface area (Å²) in [5, 5.41) is 0. The Balaban J connectivity index is 2.02. The monoisotopic (exact) mass is 353 g/mol. The average molecular weight is 353 g/mol. The molecule has 0 aromatic carbocycles. The van der Waals surface area contributed by atoms with Crippen molar-refractivity contribution in [3.8, 4) is 0 Å². The Morgan fingerprint density at radius 1 is 1.21 bits per heavy atom. The van der Waals surface area contributed by atoms with Crippen molar-refractivity contribution in [1.82, 2.24) is 14.9 Å². The number of carbonyl (C=O) groups excluding carboxylic acids is 1. The van der Waals surface area contributed by atoms with E-state index in [0.717, 1.165) is 12.3 Å².